The lowest BCUT2D eigenvalue weighted by Crippen LogP contribution is -2.43. The summed E-state index contributed by atoms with van der Waals surface area (Å²) in [7, 11) is 2.02. The highest BCUT2D eigenvalue weighted by atomic mass is 16.2. The number of carbonyl (C=O) groups excluding carboxylic acids is 1. The van der Waals surface area contributed by atoms with Crippen LogP contribution in [0.5, 0.6) is 0 Å². The second-order valence-corrected chi connectivity index (χ2v) is 6.16. The van der Waals surface area contributed by atoms with Crippen molar-refractivity contribution >= 4 is 5.91 Å². The van der Waals surface area contributed by atoms with Gasteiger partial charge < -0.3 is 4.90 Å². The molecule has 2 fully saturated rings. The Morgan fingerprint density at radius 1 is 1.11 bits per heavy atom. The number of likely N-dealkylation sites (N-methyl/N-ethyl adjacent to an activating group) is 1. The third-order valence-corrected chi connectivity index (χ3v) is 4.93. The van der Waals surface area contributed by atoms with Crippen molar-refractivity contribution in [2.24, 2.45) is 0 Å². The molecule has 0 aromatic heterocycles. The Balaban J connectivity index is 1.76. The van der Waals surface area contributed by atoms with Crippen LogP contribution >= 0.6 is 0 Å². The van der Waals surface area contributed by atoms with Gasteiger partial charge in [-0.2, -0.15) is 0 Å². The summed E-state index contributed by atoms with van der Waals surface area (Å²) < 4.78 is 0. The van der Waals surface area contributed by atoms with E-state index in [2.05, 4.69) is 17.0 Å². The van der Waals surface area contributed by atoms with Gasteiger partial charge in [-0.05, 0) is 31.2 Å². The molecule has 1 amide bonds. The third-order valence-electron chi connectivity index (χ3n) is 4.93. The van der Waals surface area contributed by atoms with Crippen LogP contribution in [0.25, 0.3) is 0 Å². The standard InChI is InChI=1S/C17H23NO/c1-18(15-10-6-3-7-11-15)16(19)17(12-13-17)14-8-4-2-5-9-14/h2,4-5,8-9,15H,3,6-7,10-13H2,1H3. The highest BCUT2D eigenvalue weighted by Gasteiger charge is 2.53. The van der Waals surface area contributed by atoms with E-state index >= 15 is 0 Å². The van der Waals surface area contributed by atoms with Crippen molar-refractivity contribution in [1.29, 1.82) is 0 Å². The molecule has 0 atom stereocenters. The maximum absolute atomic E-state index is 12.9. The highest BCUT2D eigenvalue weighted by molar-refractivity contribution is 5.91. The van der Waals surface area contributed by atoms with Gasteiger partial charge in [0.2, 0.25) is 5.91 Å². The van der Waals surface area contributed by atoms with Gasteiger partial charge >= 0.3 is 0 Å². The number of carbonyl (C=O) groups is 1. The Hall–Kier alpha value is -1.31. The minimum atomic E-state index is -0.187. The first-order valence-electron chi connectivity index (χ1n) is 7.57. The van der Waals surface area contributed by atoms with Crippen LogP contribution in [-0.4, -0.2) is 23.9 Å². The number of hydrogen-bond donors (Lipinski definition) is 0. The van der Waals surface area contributed by atoms with Crippen molar-refractivity contribution in [3.8, 4) is 0 Å². The van der Waals surface area contributed by atoms with E-state index in [1.165, 1.54) is 37.7 Å². The minimum absolute atomic E-state index is 0.187. The zero-order valence-electron chi connectivity index (χ0n) is 11.8. The molecule has 2 heteroatoms. The van der Waals surface area contributed by atoms with Crippen LogP contribution in [0.15, 0.2) is 30.3 Å². The van der Waals surface area contributed by atoms with E-state index in [9.17, 15) is 4.79 Å². The Morgan fingerprint density at radius 3 is 2.32 bits per heavy atom. The molecule has 2 saturated carbocycles. The minimum Gasteiger partial charge on any atom is -0.342 e. The summed E-state index contributed by atoms with van der Waals surface area (Å²) in [5, 5.41) is 0. The molecule has 0 unspecified atom stereocenters. The van der Waals surface area contributed by atoms with Crippen molar-refractivity contribution in [1.82, 2.24) is 4.90 Å². The topological polar surface area (TPSA) is 20.3 Å². The molecule has 2 nitrogen and oxygen atoms in total. The van der Waals surface area contributed by atoms with E-state index in [-0.39, 0.29) is 5.41 Å². The van der Waals surface area contributed by atoms with Gasteiger partial charge in [0.15, 0.2) is 0 Å². The summed E-state index contributed by atoms with van der Waals surface area (Å²) in [6.07, 6.45) is 8.31. The zero-order chi connectivity index (χ0) is 13.3. The van der Waals surface area contributed by atoms with Gasteiger partial charge in [0.1, 0.15) is 0 Å². The molecule has 0 N–H and O–H groups in total. The van der Waals surface area contributed by atoms with E-state index in [4.69, 9.17) is 0 Å². The number of amides is 1. The molecule has 3 rings (SSSR count). The highest BCUT2D eigenvalue weighted by Crippen LogP contribution is 2.49. The molecule has 1 aromatic rings. The first kappa shape index (κ1) is 12.7. The number of rotatable bonds is 3. The predicted molar refractivity (Wildman–Crippen MR) is 77.0 cm³/mol. The largest absolute Gasteiger partial charge is 0.342 e. The summed E-state index contributed by atoms with van der Waals surface area (Å²) in [6.45, 7) is 0. The molecule has 0 aliphatic heterocycles. The quantitative estimate of drug-likeness (QED) is 0.811. The van der Waals surface area contributed by atoms with Crippen LogP contribution in [-0.2, 0) is 10.2 Å². The fraction of sp³-hybridized carbons (Fsp3) is 0.588. The summed E-state index contributed by atoms with van der Waals surface area (Å²) in [5.41, 5.74) is 1.02. The molecule has 2 aliphatic carbocycles. The van der Waals surface area contributed by atoms with E-state index < -0.39 is 0 Å². The Morgan fingerprint density at radius 2 is 1.74 bits per heavy atom. The first-order chi connectivity index (χ1) is 9.24. The van der Waals surface area contributed by atoms with E-state index in [0.29, 0.717) is 11.9 Å². The molecular weight excluding hydrogens is 234 g/mol. The van der Waals surface area contributed by atoms with Crippen molar-refractivity contribution < 1.29 is 4.79 Å². The molecule has 0 radical (unpaired) electrons. The van der Waals surface area contributed by atoms with Gasteiger partial charge in [-0.1, -0.05) is 49.6 Å². The van der Waals surface area contributed by atoms with Crippen molar-refractivity contribution in [3.63, 3.8) is 0 Å². The molecule has 1 aromatic carbocycles. The molecule has 102 valence electrons. The molecule has 0 saturated heterocycles. The average molecular weight is 257 g/mol. The van der Waals surface area contributed by atoms with Crippen LogP contribution in [0.1, 0.15) is 50.5 Å². The normalized spacial score (nSPS) is 21.9. The van der Waals surface area contributed by atoms with Crippen molar-refractivity contribution in [3.05, 3.63) is 35.9 Å². The lowest BCUT2D eigenvalue weighted by atomic mass is 9.90. The molecule has 2 aliphatic rings. The predicted octanol–water partition coefficient (Wildman–Crippen LogP) is 3.51. The van der Waals surface area contributed by atoms with E-state index in [1.54, 1.807) is 0 Å². The number of benzene rings is 1. The maximum atomic E-state index is 12.9. The Labute approximate surface area is 115 Å². The van der Waals surface area contributed by atoms with Gasteiger partial charge in [-0.25, -0.2) is 0 Å². The van der Waals surface area contributed by atoms with Gasteiger partial charge in [0.05, 0.1) is 5.41 Å². The Bertz CT molecular complexity index is 444. The lowest BCUT2D eigenvalue weighted by Gasteiger charge is -2.34. The maximum Gasteiger partial charge on any atom is 0.233 e. The molecule has 0 heterocycles. The van der Waals surface area contributed by atoms with Gasteiger partial charge in [-0.3, -0.25) is 4.79 Å². The smallest absolute Gasteiger partial charge is 0.233 e. The molecule has 19 heavy (non-hydrogen) atoms. The average Bonchev–Trinajstić information content (AvgIpc) is 3.29. The zero-order valence-corrected chi connectivity index (χ0v) is 11.8. The van der Waals surface area contributed by atoms with Gasteiger partial charge in [-0.15, -0.1) is 0 Å². The van der Waals surface area contributed by atoms with Crippen LogP contribution in [0.2, 0.25) is 0 Å². The van der Waals surface area contributed by atoms with Gasteiger partial charge in [0, 0.05) is 13.1 Å². The molecule has 0 spiro atoms. The SMILES string of the molecule is CN(C(=O)C1(c2ccccc2)CC1)C1CCCCC1. The summed E-state index contributed by atoms with van der Waals surface area (Å²) in [6, 6.07) is 10.8. The van der Waals surface area contributed by atoms with E-state index in [1.807, 2.05) is 25.2 Å². The lowest BCUT2D eigenvalue weighted by molar-refractivity contribution is -0.135. The first-order valence-corrected chi connectivity index (χ1v) is 7.57. The number of nitrogens with zero attached hydrogens (tertiary/aromatic N) is 1. The second-order valence-electron chi connectivity index (χ2n) is 6.16. The second kappa shape index (κ2) is 4.99. The van der Waals surface area contributed by atoms with Crippen LogP contribution in [0.4, 0.5) is 0 Å². The molecule has 0 bridgehead atoms. The fourth-order valence-electron chi connectivity index (χ4n) is 3.48. The number of hydrogen-bond acceptors (Lipinski definition) is 1. The van der Waals surface area contributed by atoms with Crippen LogP contribution in [0.3, 0.4) is 0 Å². The summed E-state index contributed by atoms with van der Waals surface area (Å²) in [5.74, 6) is 0.352. The monoisotopic (exact) mass is 257 g/mol. The van der Waals surface area contributed by atoms with Crippen LogP contribution in [0, 0.1) is 0 Å². The van der Waals surface area contributed by atoms with Crippen molar-refractivity contribution in [2.45, 2.75) is 56.4 Å². The fourth-order valence-corrected chi connectivity index (χ4v) is 3.48. The van der Waals surface area contributed by atoms with Crippen LogP contribution < -0.4 is 0 Å². The summed E-state index contributed by atoms with van der Waals surface area (Å²) >= 11 is 0. The van der Waals surface area contributed by atoms with E-state index in [0.717, 1.165) is 12.8 Å². The molecular formula is C17H23NO. The summed E-state index contributed by atoms with van der Waals surface area (Å²) in [4.78, 5) is 14.9. The Kier molecular flexibility index (Phi) is 3.34. The third kappa shape index (κ3) is 2.29. The van der Waals surface area contributed by atoms with Gasteiger partial charge in [0.25, 0.3) is 0 Å². The van der Waals surface area contributed by atoms with Crippen molar-refractivity contribution in [2.75, 3.05) is 7.05 Å².